The highest BCUT2D eigenvalue weighted by molar-refractivity contribution is 9.10. The van der Waals surface area contributed by atoms with Crippen molar-refractivity contribution in [3.05, 3.63) is 80.8 Å². The molecular weight excluding hydrogens is 430 g/mol. The number of rotatable bonds is 8. The summed E-state index contributed by atoms with van der Waals surface area (Å²) in [5, 5.41) is 1.98. The van der Waals surface area contributed by atoms with Gasteiger partial charge in [-0.25, -0.2) is 4.79 Å². The first-order valence-electron chi connectivity index (χ1n) is 8.38. The highest BCUT2D eigenvalue weighted by Crippen LogP contribution is 2.16. The van der Waals surface area contributed by atoms with Crippen LogP contribution in [0.5, 0.6) is 0 Å². The first-order valence-corrected chi connectivity index (χ1v) is 10.1. The van der Waals surface area contributed by atoms with Gasteiger partial charge in [0, 0.05) is 11.4 Å². The lowest BCUT2D eigenvalue weighted by Gasteiger charge is -2.22. The van der Waals surface area contributed by atoms with E-state index in [1.165, 1.54) is 6.07 Å². The quantitative estimate of drug-likeness (QED) is 0.475. The Bertz CT molecular complexity index is 877. The number of ether oxygens (including phenoxy) is 1. The number of esters is 1. The van der Waals surface area contributed by atoms with Gasteiger partial charge in [0.05, 0.1) is 6.54 Å². The molecule has 0 atom stereocenters. The molecule has 0 aliphatic rings. The minimum Gasteiger partial charge on any atom is -0.450 e. The molecule has 2 aromatic heterocycles. The Morgan fingerprint density at radius 3 is 2.56 bits per heavy atom. The number of hydrogen-bond acceptors (Lipinski definition) is 5. The van der Waals surface area contributed by atoms with Gasteiger partial charge in [-0.2, -0.15) is 0 Å². The smallest absolute Gasteiger partial charge is 0.374 e. The fourth-order valence-electron chi connectivity index (χ4n) is 2.51. The highest BCUT2D eigenvalue weighted by atomic mass is 79.9. The fraction of sp³-hybridized carbons (Fsp3) is 0.200. The van der Waals surface area contributed by atoms with E-state index in [0.29, 0.717) is 17.8 Å². The zero-order valence-electron chi connectivity index (χ0n) is 14.5. The molecule has 0 bridgehead atoms. The number of carbonyl (C=O) groups excluding carboxylic acids is 2. The Labute approximate surface area is 169 Å². The van der Waals surface area contributed by atoms with E-state index >= 15 is 0 Å². The number of amides is 1. The van der Waals surface area contributed by atoms with Crippen LogP contribution in [0, 0.1) is 0 Å². The molecule has 1 aromatic carbocycles. The van der Waals surface area contributed by atoms with E-state index < -0.39 is 5.97 Å². The summed E-state index contributed by atoms with van der Waals surface area (Å²) in [7, 11) is 0. The van der Waals surface area contributed by atoms with Crippen molar-refractivity contribution in [1.82, 2.24) is 4.90 Å². The van der Waals surface area contributed by atoms with Crippen molar-refractivity contribution in [3.8, 4) is 0 Å². The molecule has 0 saturated carbocycles. The van der Waals surface area contributed by atoms with Crippen LogP contribution in [0.3, 0.4) is 0 Å². The lowest BCUT2D eigenvalue weighted by Crippen LogP contribution is -2.35. The van der Waals surface area contributed by atoms with Gasteiger partial charge in [0.1, 0.15) is 0 Å². The van der Waals surface area contributed by atoms with Crippen LogP contribution in [0.15, 0.2) is 69.1 Å². The summed E-state index contributed by atoms with van der Waals surface area (Å²) in [5.74, 6) is -0.838. The van der Waals surface area contributed by atoms with Gasteiger partial charge in [-0.1, -0.05) is 36.4 Å². The molecule has 1 amide bonds. The van der Waals surface area contributed by atoms with E-state index in [2.05, 4.69) is 15.9 Å². The zero-order chi connectivity index (χ0) is 19.1. The molecule has 0 unspecified atom stereocenters. The van der Waals surface area contributed by atoms with Crippen LogP contribution >= 0.6 is 27.3 Å². The van der Waals surface area contributed by atoms with Crippen molar-refractivity contribution in [3.63, 3.8) is 0 Å². The van der Waals surface area contributed by atoms with Crippen LogP contribution in [0.2, 0.25) is 0 Å². The molecule has 5 nitrogen and oxygen atoms in total. The van der Waals surface area contributed by atoms with Crippen molar-refractivity contribution >= 4 is 39.1 Å². The molecule has 3 rings (SSSR count). The van der Waals surface area contributed by atoms with Gasteiger partial charge in [0.25, 0.3) is 5.91 Å². The minimum atomic E-state index is -0.659. The summed E-state index contributed by atoms with van der Waals surface area (Å²) in [6.07, 6.45) is 0.733. The van der Waals surface area contributed by atoms with Crippen LogP contribution < -0.4 is 0 Å². The molecule has 140 valence electrons. The Balaban J connectivity index is 1.60. The Morgan fingerprint density at radius 1 is 1.07 bits per heavy atom. The maximum atomic E-state index is 12.6. The molecule has 2 heterocycles. The number of carbonyl (C=O) groups is 2. The van der Waals surface area contributed by atoms with Crippen LogP contribution in [0.1, 0.15) is 21.0 Å². The third-order valence-corrected chi connectivity index (χ3v) is 5.18. The third-order valence-electron chi connectivity index (χ3n) is 3.89. The maximum absolute atomic E-state index is 12.6. The van der Waals surface area contributed by atoms with Gasteiger partial charge in [0.2, 0.25) is 5.76 Å². The van der Waals surface area contributed by atoms with Crippen molar-refractivity contribution in [2.75, 3.05) is 13.2 Å². The molecule has 0 spiro atoms. The molecule has 0 aliphatic heterocycles. The van der Waals surface area contributed by atoms with Crippen molar-refractivity contribution in [1.29, 1.82) is 0 Å². The second-order valence-corrected chi connectivity index (χ2v) is 7.62. The van der Waals surface area contributed by atoms with Gasteiger partial charge < -0.3 is 14.1 Å². The first-order chi connectivity index (χ1) is 13.1. The molecule has 27 heavy (non-hydrogen) atoms. The topological polar surface area (TPSA) is 59.8 Å². The summed E-state index contributed by atoms with van der Waals surface area (Å²) in [6, 6.07) is 17.0. The molecule has 0 saturated heterocycles. The second-order valence-electron chi connectivity index (χ2n) is 5.81. The van der Waals surface area contributed by atoms with Crippen LogP contribution in [-0.4, -0.2) is 29.9 Å². The van der Waals surface area contributed by atoms with Crippen LogP contribution in [0.25, 0.3) is 0 Å². The molecule has 0 N–H and O–H groups in total. The van der Waals surface area contributed by atoms with E-state index in [-0.39, 0.29) is 18.3 Å². The molecule has 0 fully saturated rings. The van der Waals surface area contributed by atoms with Gasteiger partial charge in [-0.15, -0.1) is 11.3 Å². The van der Waals surface area contributed by atoms with Crippen molar-refractivity contribution in [2.24, 2.45) is 0 Å². The van der Waals surface area contributed by atoms with Crippen molar-refractivity contribution in [2.45, 2.75) is 13.0 Å². The SMILES string of the molecule is O=C(OCC(=O)N(CCc1ccccc1)Cc1cccs1)c1ccc(Br)o1. The summed E-state index contributed by atoms with van der Waals surface area (Å²) >= 11 is 4.72. The van der Waals surface area contributed by atoms with E-state index in [1.54, 1.807) is 22.3 Å². The number of halogens is 1. The number of nitrogens with zero attached hydrogens (tertiary/aromatic N) is 1. The monoisotopic (exact) mass is 447 g/mol. The van der Waals surface area contributed by atoms with Gasteiger partial charge in [0.15, 0.2) is 11.3 Å². The number of furan rings is 1. The van der Waals surface area contributed by atoms with E-state index in [1.807, 2.05) is 47.8 Å². The van der Waals surface area contributed by atoms with Crippen LogP contribution in [0.4, 0.5) is 0 Å². The maximum Gasteiger partial charge on any atom is 0.374 e. The average molecular weight is 448 g/mol. The summed E-state index contributed by atoms with van der Waals surface area (Å²) in [5.41, 5.74) is 1.15. The van der Waals surface area contributed by atoms with Crippen LogP contribution in [-0.2, 0) is 22.5 Å². The summed E-state index contributed by atoms with van der Waals surface area (Å²) in [4.78, 5) is 27.4. The van der Waals surface area contributed by atoms with Gasteiger partial charge in [-0.05, 0) is 51.5 Å². The molecule has 7 heteroatoms. The normalized spacial score (nSPS) is 10.6. The molecule has 3 aromatic rings. The number of thiophene rings is 1. The fourth-order valence-corrected chi connectivity index (χ4v) is 3.53. The summed E-state index contributed by atoms with van der Waals surface area (Å²) in [6.45, 7) is 0.717. The minimum absolute atomic E-state index is 0.0590. The van der Waals surface area contributed by atoms with E-state index in [0.717, 1.165) is 16.9 Å². The lowest BCUT2D eigenvalue weighted by molar-refractivity contribution is -0.135. The predicted molar refractivity (Wildman–Crippen MR) is 107 cm³/mol. The molecule has 0 radical (unpaired) electrons. The zero-order valence-corrected chi connectivity index (χ0v) is 16.9. The molecular formula is C20H18BrNO4S. The largest absolute Gasteiger partial charge is 0.450 e. The standard InChI is InChI=1S/C20H18BrNO4S/c21-18-9-8-17(26-18)20(24)25-14-19(23)22(13-16-7-4-12-27-16)11-10-15-5-2-1-3-6-15/h1-9,12H,10-11,13-14H2. The lowest BCUT2D eigenvalue weighted by atomic mass is 10.1. The van der Waals surface area contributed by atoms with Crippen molar-refractivity contribution < 1.29 is 18.7 Å². The van der Waals surface area contributed by atoms with E-state index in [4.69, 9.17) is 9.15 Å². The number of hydrogen-bond donors (Lipinski definition) is 0. The third kappa shape index (κ3) is 5.80. The number of benzene rings is 1. The predicted octanol–water partition coefficient (Wildman–Crippen LogP) is 4.53. The average Bonchev–Trinajstić information content (AvgIpc) is 3.35. The van der Waals surface area contributed by atoms with Gasteiger partial charge >= 0.3 is 5.97 Å². The second kappa shape index (κ2) is 9.53. The first kappa shape index (κ1) is 19.4. The van der Waals surface area contributed by atoms with E-state index in [9.17, 15) is 9.59 Å². The molecule has 0 aliphatic carbocycles. The highest BCUT2D eigenvalue weighted by Gasteiger charge is 2.19. The Morgan fingerprint density at radius 2 is 1.89 bits per heavy atom. The van der Waals surface area contributed by atoms with Gasteiger partial charge in [-0.3, -0.25) is 4.79 Å². The Hall–Kier alpha value is -2.38. The Kier molecular flexibility index (Phi) is 6.84. The summed E-state index contributed by atoms with van der Waals surface area (Å²) < 4.78 is 10.7.